The summed E-state index contributed by atoms with van der Waals surface area (Å²) >= 11 is 0. The van der Waals surface area contributed by atoms with Gasteiger partial charge in [-0.2, -0.15) is 13.2 Å². The Balaban J connectivity index is 2.99. The van der Waals surface area contributed by atoms with Crippen molar-refractivity contribution in [3.05, 3.63) is 29.3 Å². The quantitative estimate of drug-likeness (QED) is 0.842. The summed E-state index contributed by atoms with van der Waals surface area (Å²) < 4.78 is 44.0. The number of anilines is 1. The van der Waals surface area contributed by atoms with Gasteiger partial charge in [-0.15, -0.1) is 0 Å². The summed E-state index contributed by atoms with van der Waals surface area (Å²) in [6.07, 6.45) is -4.72. The first-order chi connectivity index (χ1) is 9.57. The zero-order valence-electron chi connectivity index (χ0n) is 12.0. The highest BCUT2D eigenvalue weighted by atomic mass is 19.4. The van der Waals surface area contributed by atoms with Crippen LogP contribution in [0.2, 0.25) is 0 Å². The minimum absolute atomic E-state index is 0.195. The molecule has 0 aliphatic carbocycles. The van der Waals surface area contributed by atoms with Gasteiger partial charge < -0.3 is 15.2 Å². The molecule has 0 atom stereocenters. The first kappa shape index (κ1) is 17.3. The molecule has 0 saturated carbocycles. The van der Waals surface area contributed by atoms with Crippen LogP contribution in [0.25, 0.3) is 0 Å². The molecule has 0 aromatic heterocycles. The summed E-state index contributed by atoms with van der Waals surface area (Å²) in [4.78, 5) is 10.8. The van der Waals surface area contributed by atoms with Crippen molar-refractivity contribution in [3.8, 4) is 0 Å². The van der Waals surface area contributed by atoms with Crippen LogP contribution in [0.5, 0.6) is 0 Å². The zero-order valence-corrected chi connectivity index (χ0v) is 12.0. The normalized spacial score (nSPS) is 12.3. The number of rotatable bonds is 6. The number of carboxylic acid groups (broad SMARTS) is 1. The number of hydrogen-bond donors (Lipinski definition) is 2. The average Bonchev–Trinajstić information content (AvgIpc) is 2.35. The number of aromatic carboxylic acids is 1. The first-order valence-electron chi connectivity index (χ1n) is 6.39. The summed E-state index contributed by atoms with van der Waals surface area (Å²) in [6.45, 7) is 6.22. The van der Waals surface area contributed by atoms with Crippen LogP contribution in [0.15, 0.2) is 18.2 Å². The molecule has 0 spiro atoms. The second-order valence-corrected chi connectivity index (χ2v) is 5.11. The predicted octanol–water partition coefficient (Wildman–Crippen LogP) is 3.63. The highest BCUT2D eigenvalue weighted by Gasteiger charge is 2.35. The molecule has 0 aliphatic rings. The Morgan fingerprint density at radius 3 is 2.43 bits per heavy atom. The Morgan fingerprint density at radius 1 is 1.33 bits per heavy atom. The molecule has 0 aliphatic heterocycles. The fraction of sp³-hybridized carbons (Fsp3) is 0.500. The molecule has 1 aromatic carbocycles. The van der Waals surface area contributed by atoms with Gasteiger partial charge in [0.2, 0.25) is 0 Å². The number of hydrogen-bond acceptors (Lipinski definition) is 3. The minimum atomic E-state index is -4.72. The van der Waals surface area contributed by atoms with Crippen LogP contribution in [-0.2, 0) is 10.9 Å². The van der Waals surface area contributed by atoms with E-state index in [9.17, 15) is 18.0 Å². The lowest BCUT2D eigenvalue weighted by Gasteiger charge is -2.25. The number of carboxylic acids is 1. The number of nitrogens with one attached hydrogen (secondary N) is 1. The van der Waals surface area contributed by atoms with Crippen LogP contribution >= 0.6 is 0 Å². The van der Waals surface area contributed by atoms with E-state index in [0.717, 1.165) is 12.1 Å². The largest absolute Gasteiger partial charge is 0.478 e. The number of benzene rings is 1. The van der Waals surface area contributed by atoms with Crippen molar-refractivity contribution in [2.75, 3.05) is 18.5 Å². The van der Waals surface area contributed by atoms with E-state index in [2.05, 4.69) is 5.32 Å². The van der Waals surface area contributed by atoms with Crippen molar-refractivity contribution in [1.82, 2.24) is 0 Å². The van der Waals surface area contributed by atoms with Crippen molar-refractivity contribution in [2.45, 2.75) is 32.5 Å². The molecule has 0 bridgehead atoms. The molecule has 1 aromatic rings. The highest BCUT2D eigenvalue weighted by molar-refractivity contribution is 5.90. The van der Waals surface area contributed by atoms with E-state index in [1.165, 1.54) is 6.07 Å². The second kappa shape index (κ2) is 6.34. The topological polar surface area (TPSA) is 58.6 Å². The van der Waals surface area contributed by atoms with E-state index >= 15 is 0 Å². The van der Waals surface area contributed by atoms with Gasteiger partial charge in [0.25, 0.3) is 0 Å². The van der Waals surface area contributed by atoms with Gasteiger partial charge in [0.1, 0.15) is 0 Å². The first-order valence-corrected chi connectivity index (χ1v) is 6.39. The monoisotopic (exact) mass is 305 g/mol. The van der Waals surface area contributed by atoms with Crippen LogP contribution in [0, 0.1) is 0 Å². The lowest BCUT2D eigenvalue weighted by molar-refractivity contribution is -0.138. The van der Waals surface area contributed by atoms with E-state index in [1.54, 1.807) is 13.8 Å². The summed E-state index contributed by atoms with van der Waals surface area (Å²) in [7, 11) is 0. The Morgan fingerprint density at radius 2 is 1.95 bits per heavy atom. The molecule has 0 unspecified atom stereocenters. The van der Waals surface area contributed by atoms with Crippen LogP contribution in [0.4, 0.5) is 18.9 Å². The Bertz CT molecular complexity index is 513. The second-order valence-electron chi connectivity index (χ2n) is 5.11. The number of carbonyl (C=O) groups is 1. The molecule has 21 heavy (non-hydrogen) atoms. The molecule has 7 heteroatoms. The van der Waals surface area contributed by atoms with Crippen molar-refractivity contribution >= 4 is 11.7 Å². The molecule has 0 heterocycles. The fourth-order valence-electron chi connectivity index (χ4n) is 1.83. The van der Waals surface area contributed by atoms with Gasteiger partial charge in [-0.3, -0.25) is 0 Å². The van der Waals surface area contributed by atoms with Crippen molar-refractivity contribution < 1.29 is 27.8 Å². The molecular formula is C14H18F3NO3. The Kier molecular flexibility index (Phi) is 5.22. The van der Waals surface area contributed by atoms with Crippen LogP contribution in [0.1, 0.15) is 36.7 Å². The SMILES string of the molecule is CCOC(C)(C)CNc1ccc(C(=O)O)c(C(F)(F)F)c1. The van der Waals surface area contributed by atoms with E-state index in [4.69, 9.17) is 9.84 Å². The van der Waals surface area contributed by atoms with Gasteiger partial charge in [0, 0.05) is 18.8 Å². The fourth-order valence-corrected chi connectivity index (χ4v) is 1.83. The Labute approximate surface area is 120 Å². The smallest absolute Gasteiger partial charge is 0.417 e. The van der Waals surface area contributed by atoms with E-state index in [-0.39, 0.29) is 5.69 Å². The van der Waals surface area contributed by atoms with E-state index in [1.807, 2.05) is 6.92 Å². The molecule has 0 saturated heterocycles. The maximum atomic E-state index is 12.9. The van der Waals surface area contributed by atoms with Crippen LogP contribution in [0.3, 0.4) is 0 Å². The van der Waals surface area contributed by atoms with E-state index in [0.29, 0.717) is 13.2 Å². The molecule has 0 amide bonds. The lowest BCUT2D eigenvalue weighted by atomic mass is 10.1. The highest BCUT2D eigenvalue weighted by Crippen LogP contribution is 2.34. The molecular weight excluding hydrogens is 287 g/mol. The molecule has 118 valence electrons. The summed E-state index contributed by atoms with van der Waals surface area (Å²) in [5.41, 5.74) is -2.29. The molecule has 4 nitrogen and oxygen atoms in total. The molecule has 1 rings (SSSR count). The summed E-state index contributed by atoms with van der Waals surface area (Å²) in [6, 6.07) is 3.05. The van der Waals surface area contributed by atoms with Gasteiger partial charge in [-0.1, -0.05) is 0 Å². The zero-order chi connectivity index (χ0) is 16.3. The third-order valence-corrected chi connectivity index (χ3v) is 2.81. The maximum Gasteiger partial charge on any atom is 0.417 e. The van der Waals surface area contributed by atoms with E-state index < -0.39 is 28.9 Å². The predicted molar refractivity (Wildman–Crippen MR) is 72.6 cm³/mol. The minimum Gasteiger partial charge on any atom is -0.478 e. The molecule has 0 fully saturated rings. The number of alkyl halides is 3. The van der Waals surface area contributed by atoms with Crippen LogP contribution < -0.4 is 5.32 Å². The standard InChI is InChI=1S/C14H18F3NO3/c1-4-21-13(2,3)8-18-9-5-6-10(12(19)20)11(7-9)14(15,16)17/h5-7,18H,4,8H2,1-3H3,(H,19,20). The van der Waals surface area contributed by atoms with Gasteiger partial charge in [0.15, 0.2) is 0 Å². The Hall–Kier alpha value is -1.76. The van der Waals surface area contributed by atoms with Gasteiger partial charge in [0.05, 0.1) is 16.7 Å². The maximum absolute atomic E-state index is 12.9. The van der Waals surface area contributed by atoms with Gasteiger partial charge in [-0.25, -0.2) is 4.79 Å². The van der Waals surface area contributed by atoms with Crippen molar-refractivity contribution in [3.63, 3.8) is 0 Å². The summed E-state index contributed by atoms with van der Waals surface area (Å²) in [5.74, 6) is -1.61. The van der Waals surface area contributed by atoms with Gasteiger partial charge >= 0.3 is 12.1 Å². The number of ether oxygens (including phenoxy) is 1. The third-order valence-electron chi connectivity index (χ3n) is 2.81. The average molecular weight is 305 g/mol. The molecule has 0 radical (unpaired) electrons. The van der Waals surface area contributed by atoms with Crippen molar-refractivity contribution in [2.24, 2.45) is 0 Å². The van der Waals surface area contributed by atoms with Gasteiger partial charge in [-0.05, 0) is 39.0 Å². The van der Waals surface area contributed by atoms with Crippen LogP contribution in [-0.4, -0.2) is 29.8 Å². The van der Waals surface area contributed by atoms with Crippen molar-refractivity contribution in [1.29, 1.82) is 0 Å². The lowest BCUT2D eigenvalue weighted by Crippen LogP contribution is -2.33. The molecule has 2 N–H and O–H groups in total. The summed E-state index contributed by atoms with van der Waals surface area (Å²) in [5, 5.41) is 11.6. The third kappa shape index (κ3) is 4.93. The number of halogens is 3.